The third kappa shape index (κ3) is 3.02. The minimum atomic E-state index is 1.00. The zero-order chi connectivity index (χ0) is 14.6. The molecular weight excluding hydrogens is 234 g/mol. The van der Waals surface area contributed by atoms with Crippen LogP contribution in [0.5, 0.6) is 0 Å². The number of hydrogen-bond donors (Lipinski definition) is 0. The third-order valence-corrected chi connectivity index (χ3v) is 4.00. The van der Waals surface area contributed by atoms with E-state index in [0.717, 1.165) is 37.7 Å². The molecule has 1 aromatic rings. The largest absolute Gasteiger partial charge is 0.372 e. The van der Waals surface area contributed by atoms with Gasteiger partial charge in [-0.3, -0.25) is 0 Å². The number of anilines is 2. The van der Waals surface area contributed by atoms with Crippen LogP contribution in [0.15, 0.2) is 0 Å². The second-order valence-electron chi connectivity index (χ2n) is 4.96. The van der Waals surface area contributed by atoms with Crippen LogP contribution in [0.3, 0.4) is 0 Å². The SMILES string of the molecule is CCN(CC)c1nc(C)c(C)c(N(CC)CC)c1C. The van der Waals surface area contributed by atoms with E-state index in [-0.39, 0.29) is 0 Å². The number of nitrogens with zero attached hydrogens (tertiary/aromatic N) is 3. The van der Waals surface area contributed by atoms with E-state index in [2.05, 4.69) is 58.3 Å². The van der Waals surface area contributed by atoms with Crippen LogP contribution in [0.1, 0.15) is 44.5 Å². The van der Waals surface area contributed by atoms with Crippen molar-refractivity contribution in [2.75, 3.05) is 36.0 Å². The maximum atomic E-state index is 4.83. The van der Waals surface area contributed by atoms with Gasteiger partial charge >= 0.3 is 0 Å². The van der Waals surface area contributed by atoms with Crippen molar-refractivity contribution in [3.05, 3.63) is 16.8 Å². The van der Waals surface area contributed by atoms with Crippen LogP contribution in [-0.2, 0) is 0 Å². The summed E-state index contributed by atoms with van der Waals surface area (Å²) in [7, 11) is 0. The maximum Gasteiger partial charge on any atom is 0.133 e. The monoisotopic (exact) mass is 263 g/mol. The molecule has 108 valence electrons. The quantitative estimate of drug-likeness (QED) is 0.780. The van der Waals surface area contributed by atoms with Crippen molar-refractivity contribution in [2.45, 2.75) is 48.5 Å². The maximum absolute atomic E-state index is 4.83. The van der Waals surface area contributed by atoms with Gasteiger partial charge in [-0.15, -0.1) is 0 Å². The average molecular weight is 263 g/mol. The smallest absolute Gasteiger partial charge is 0.133 e. The molecule has 0 radical (unpaired) electrons. The van der Waals surface area contributed by atoms with E-state index in [0.29, 0.717) is 0 Å². The fourth-order valence-corrected chi connectivity index (χ4v) is 2.73. The van der Waals surface area contributed by atoms with Crippen LogP contribution >= 0.6 is 0 Å². The van der Waals surface area contributed by atoms with Gasteiger partial charge in [0.15, 0.2) is 0 Å². The molecule has 0 aliphatic rings. The summed E-state index contributed by atoms with van der Waals surface area (Å²) in [6, 6.07) is 0. The molecule has 0 unspecified atom stereocenters. The minimum Gasteiger partial charge on any atom is -0.372 e. The van der Waals surface area contributed by atoms with Gasteiger partial charge < -0.3 is 9.80 Å². The van der Waals surface area contributed by atoms with Gasteiger partial charge in [-0.2, -0.15) is 0 Å². The van der Waals surface area contributed by atoms with Crippen molar-refractivity contribution in [1.82, 2.24) is 4.98 Å². The summed E-state index contributed by atoms with van der Waals surface area (Å²) < 4.78 is 0. The highest BCUT2D eigenvalue weighted by Gasteiger charge is 2.18. The summed E-state index contributed by atoms with van der Waals surface area (Å²) in [5, 5.41) is 0. The lowest BCUT2D eigenvalue weighted by molar-refractivity contribution is 0.817. The van der Waals surface area contributed by atoms with Gasteiger partial charge in [0, 0.05) is 43.1 Å². The van der Waals surface area contributed by atoms with Crippen LogP contribution in [0.2, 0.25) is 0 Å². The first kappa shape index (κ1) is 15.8. The molecule has 0 N–H and O–H groups in total. The number of aromatic nitrogens is 1. The van der Waals surface area contributed by atoms with Gasteiger partial charge in [0.1, 0.15) is 5.82 Å². The van der Waals surface area contributed by atoms with Crippen molar-refractivity contribution >= 4 is 11.5 Å². The van der Waals surface area contributed by atoms with Crippen LogP contribution in [0.25, 0.3) is 0 Å². The van der Waals surface area contributed by atoms with E-state index in [4.69, 9.17) is 4.98 Å². The summed E-state index contributed by atoms with van der Waals surface area (Å²) in [5.74, 6) is 1.15. The summed E-state index contributed by atoms with van der Waals surface area (Å²) in [5.41, 5.74) is 5.15. The van der Waals surface area contributed by atoms with Crippen LogP contribution < -0.4 is 9.80 Å². The predicted molar refractivity (Wildman–Crippen MR) is 85.6 cm³/mol. The fourth-order valence-electron chi connectivity index (χ4n) is 2.73. The molecule has 0 atom stereocenters. The topological polar surface area (TPSA) is 19.4 Å². The first-order chi connectivity index (χ1) is 9.01. The van der Waals surface area contributed by atoms with E-state index >= 15 is 0 Å². The van der Waals surface area contributed by atoms with Gasteiger partial charge in [-0.1, -0.05) is 0 Å². The lowest BCUT2D eigenvalue weighted by atomic mass is 10.1. The first-order valence-corrected chi connectivity index (χ1v) is 7.49. The Balaban J connectivity index is 3.45. The van der Waals surface area contributed by atoms with Crippen molar-refractivity contribution < 1.29 is 0 Å². The lowest BCUT2D eigenvalue weighted by Crippen LogP contribution is -2.28. The van der Waals surface area contributed by atoms with E-state index in [1.807, 2.05) is 0 Å². The number of pyridine rings is 1. The number of aryl methyl sites for hydroxylation is 1. The molecule has 1 aromatic heterocycles. The van der Waals surface area contributed by atoms with Crippen molar-refractivity contribution in [1.29, 1.82) is 0 Å². The van der Waals surface area contributed by atoms with E-state index in [9.17, 15) is 0 Å². The van der Waals surface area contributed by atoms with Gasteiger partial charge in [0.05, 0.1) is 0 Å². The van der Waals surface area contributed by atoms with Gasteiger partial charge in [-0.05, 0) is 54.0 Å². The number of hydrogen-bond acceptors (Lipinski definition) is 3. The van der Waals surface area contributed by atoms with E-state index in [1.54, 1.807) is 0 Å². The Morgan fingerprint density at radius 3 is 1.63 bits per heavy atom. The van der Waals surface area contributed by atoms with Crippen molar-refractivity contribution in [3.8, 4) is 0 Å². The Kier molecular flexibility index (Phi) is 5.64. The summed E-state index contributed by atoms with van der Waals surface area (Å²) >= 11 is 0. The first-order valence-electron chi connectivity index (χ1n) is 7.49. The average Bonchev–Trinajstić information content (AvgIpc) is 2.41. The van der Waals surface area contributed by atoms with E-state index in [1.165, 1.54) is 16.8 Å². The van der Waals surface area contributed by atoms with Gasteiger partial charge in [-0.25, -0.2) is 4.98 Å². The highest BCUT2D eigenvalue weighted by atomic mass is 15.2. The summed E-state index contributed by atoms with van der Waals surface area (Å²) in [4.78, 5) is 9.60. The molecule has 0 saturated carbocycles. The molecule has 0 fully saturated rings. The van der Waals surface area contributed by atoms with Crippen LogP contribution in [0.4, 0.5) is 11.5 Å². The second-order valence-corrected chi connectivity index (χ2v) is 4.96. The molecule has 0 aliphatic heterocycles. The molecule has 1 rings (SSSR count). The zero-order valence-corrected chi connectivity index (χ0v) is 13.7. The molecule has 19 heavy (non-hydrogen) atoms. The minimum absolute atomic E-state index is 1.00. The highest BCUT2D eigenvalue weighted by Crippen LogP contribution is 2.32. The summed E-state index contributed by atoms with van der Waals surface area (Å²) in [6.07, 6.45) is 0. The van der Waals surface area contributed by atoms with E-state index < -0.39 is 0 Å². The predicted octanol–water partition coefficient (Wildman–Crippen LogP) is 3.70. The molecule has 0 aliphatic carbocycles. The van der Waals surface area contributed by atoms with Crippen molar-refractivity contribution in [2.24, 2.45) is 0 Å². The normalized spacial score (nSPS) is 10.7. The second kappa shape index (κ2) is 6.78. The Labute approximate surface area is 118 Å². The van der Waals surface area contributed by atoms with Gasteiger partial charge in [0.2, 0.25) is 0 Å². The molecule has 0 amide bonds. The Hall–Kier alpha value is -1.25. The van der Waals surface area contributed by atoms with Crippen molar-refractivity contribution in [3.63, 3.8) is 0 Å². The Bertz CT molecular complexity index is 418. The Morgan fingerprint density at radius 1 is 0.737 bits per heavy atom. The lowest BCUT2D eigenvalue weighted by Gasteiger charge is -2.30. The summed E-state index contributed by atoms with van der Waals surface area (Å²) in [6.45, 7) is 19.4. The number of rotatable bonds is 6. The molecule has 0 bridgehead atoms. The molecule has 1 heterocycles. The van der Waals surface area contributed by atoms with Crippen LogP contribution in [-0.4, -0.2) is 31.2 Å². The fraction of sp³-hybridized carbons (Fsp3) is 0.688. The molecular formula is C16H29N3. The molecule has 0 spiro atoms. The zero-order valence-electron chi connectivity index (χ0n) is 13.7. The Morgan fingerprint density at radius 2 is 1.21 bits per heavy atom. The molecule has 0 saturated heterocycles. The molecule has 0 aromatic carbocycles. The third-order valence-electron chi connectivity index (χ3n) is 4.00. The standard InChI is InChI=1S/C16H29N3/c1-8-18(9-2)15-12(5)14(7)17-16(13(15)6)19(10-3)11-4/h8-11H2,1-7H3. The molecule has 3 heteroatoms. The van der Waals surface area contributed by atoms with Gasteiger partial charge in [0.25, 0.3) is 0 Å². The molecule has 3 nitrogen and oxygen atoms in total. The highest BCUT2D eigenvalue weighted by molar-refractivity contribution is 5.68. The van der Waals surface area contributed by atoms with Crippen LogP contribution in [0, 0.1) is 20.8 Å².